The van der Waals surface area contributed by atoms with Gasteiger partial charge in [-0.2, -0.15) is 0 Å². The van der Waals surface area contributed by atoms with Gasteiger partial charge in [-0.1, -0.05) is 42.5 Å². The first kappa shape index (κ1) is 17.8. The SMILES string of the molecule is CC(CN1CCCC1=O)NC(=O)N1CCCC1c1cccc2ccccc12. The Morgan fingerprint density at radius 3 is 2.78 bits per heavy atom. The van der Waals surface area contributed by atoms with Gasteiger partial charge in [0.2, 0.25) is 5.91 Å². The zero-order chi connectivity index (χ0) is 18.8. The number of amides is 3. The molecule has 1 N–H and O–H groups in total. The molecule has 2 unspecified atom stereocenters. The minimum absolute atomic E-state index is 0.0235. The Morgan fingerprint density at radius 1 is 1.15 bits per heavy atom. The molecule has 5 heteroatoms. The van der Waals surface area contributed by atoms with Crippen molar-refractivity contribution < 1.29 is 9.59 Å². The van der Waals surface area contributed by atoms with Crippen molar-refractivity contribution in [3.8, 4) is 0 Å². The molecule has 2 aliphatic rings. The Labute approximate surface area is 160 Å². The lowest BCUT2D eigenvalue weighted by atomic mass is 9.97. The predicted octanol–water partition coefficient (Wildman–Crippen LogP) is 3.70. The molecule has 0 bridgehead atoms. The van der Waals surface area contributed by atoms with Gasteiger partial charge >= 0.3 is 6.03 Å². The molecular weight excluding hydrogens is 338 g/mol. The number of benzene rings is 2. The van der Waals surface area contributed by atoms with Gasteiger partial charge in [0, 0.05) is 32.1 Å². The molecule has 2 aromatic carbocycles. The van der Waals surface area contributed by atoms with Crippen LogP contribution in [0, 0.1) is 0 Å². The van der Waals surface area contributed by atoms with Gasteiger partial charge in [-0.15, -0.1) is 0 Å². The smallest absolute Gasteiger partial charge is 0.318 e. The summed E-state index contributed by atoms with van der Waals surface area (Å²) in [5.41, 5.74) is 1.23. The number of nitrogens with one attached hydrogen (secondary N) is 1. The van der Waals surface area contributed by atoms with Crippen LogP contribution in [0.3, 0.4) is 0 Å². The predicted molar refractivity (Wildman–Crippen MR) is 106 cm³/mol. The highest BCUT2D eigenvalue weighted by Crippen LogP contribution is 2.35. The second-order valence-corrected chi connectivity index (χ2v) is 7.71. The van der Waals surface area contributed by atoms with Gasteiger partial charge in [-0.25, -0.2) is 4.79 Å². The molecule has 3 amide bonds. The molecule has 142 valence electrons. The van der Waals surface area contributed by atoms with Crippen LogP contribution >= 0.6 is 0 Å². The molecule has 2 fully saturated rings. The van der Waals surface area contributed by atoms with Crippen molar-refractivity contribution in [2.24, 2.45) is 0 Å². The molecule has 5 nitrogen and oxygen atoms in total. The zero-order valence-electron chi connectivity index (χ0n) is 15.9. The largest absolute Gasteiger partial charge is 0.341 e. The molecule has 27 heavy (non-hydrogen) atoms. The highest BCUT2D eigenvalue weighted by molar-refractivity contribution is 5.87. The van der Waals surface area contributed by atoms with E-state index < -0.39 is 0 Å². The number of likely N-dealkylation sites (tertiary alicyclic amines) is 2. The van der Waals surface area contributed by atoms with Gasteiger partial charge in [0.05, 0.1) is 6.04 Å². The molecule has 0 saturated carbocycles. The van der Waals surface area contributed by atoms with E-state index in [-0.39, 0.29) is 24.0 Å². The first-order chi connectivity index (χ1) is 13.1. The number of urea groups is 1. The van der Waals surface area contributed by atoms with E-state index in [9.17, 15) is 9.59 Å². The van der Waals surface area contributed by atoms with Crippen molar-refractivity contribution in [2.75, 3.05) is 19.6 Å². The first-order valence-corrected chi connectivity index (χ1v) is 9.96. The number of carbonyl (C=O) groups is 2. The highest BCUT2D eigenvalue weighted by Gasteiger charge is 2.32. The van der Waals surface area contributed by atoms with Crippen LogP contribution in [-0.2, 0) is 4.79 Å². The lowest BCUT2D eigenvalue weighted by Crippen LogP contribution is -2.47. The van der Waals surface area contributed by atoms with Crippen molar-refractivity contribution in [2.45, 2.75) is 44.7 Å². The Hall–Kier alpha value is -2.56. The van der Waals surface area contributed by atoms with Gasteiger partial charge < -0.3 is 15.1 Å². The number of fused-ring (bicyclic) bond motifs is 1. The maximum Gasteiger partial charge on any atom is 0.318 e. The Kier molecular flexibility index (Phi) is 5.01. The quantitative estimate of drug-likeness (QED) is 0.898. The summed E-state index contributed by atoms with van der Waals surface area (Å²) < 4.78 is 0. The van der Waals surface area contributed by atoms with Gasteiger partial charge in [-0.05, 0) is 42.5 Å². The molecule has 2 aliphatic heterocycles. The molecule has 0 radical (unpaired) electrons. The topological polar surface area (TPSA) is 52.7 Å². The third-order valence-electron chi connectivity index (χ3n) is 5.73. The summed E-state index contributed by atoms with van der Waals surface area (Å²) in [5, 5.41) is 5.54. The summed E-state index contributed by atoms with van der Waals surface area (Å²) in [6.45, 7) is 4.15. The van der Waals surface area contributed by atoms with E-state index in [0.717, 1.165) is 32.4 Å². The number of nitrogens with zero attached hydrogens (tertiary/aromatic N) is 2. The second-order valence-electron chi connectivity index (χ2n) is 7.71. The maximum absolute atomic E-state index is 12.9. The lowest BCUT2D eigenvalue weighted by molar-refractivity contribution is -0.127. The van der Waals surface area contributed by atoms with Gasteiger partial charge in [0.1, 0.15) is 0 Å². The lowest BCUT2D eigenvalue weighted by Gasteiger charge is -2.29. The molecule has 0 spiro atoms. The van der Waals surface area contributed by atoms with E-state index in [2.05, 4.69) is 41.7 Å². The van der Waals surface area contributed by atoms with Gasteiger partial charge in [0.15, 0.2) is 0 Å². The molecule has 2 heterocycles. The molecular formula is C22H27N3O2. The van der Waals surface area contributed by atoms with Crippen molar-refractivity contribution >= 4 is 22.7 Å². The summed E-state index contributed by atoms with van der Waals surface area (Å²) in [6, 6.07) is 14.7. The van der Waals surface area contributed by atoms with Crippen LogP contribution in [0.2, 0.25) is 0 Å². The summed E-state index contributed by atoms with van der Waals surface area (Å²) >= 11 is 0. The van der Waals surface area contributed by atoms with E-state index in [4.69, 9.17) is 0 Å². The molecule has 0 aromatic heterocycles. The summed E-state index contributed by atoms with van der Waals surface area (Å²) in [7, 11) is 0. The van der Waals surface area contributed by atoms with Crippen LogP contribution in [-0.4, -0.2) is 47.4 Å². The molecule has 2 saturated heterocycles. The van der Waals surface area contributed by atoms with E-state index in [1.54, 1.807) is 0 Å². The van der Waals surface area contributed by atoms with E-state index in [0.29, 0.717) is 13.0 Å². The Balaban J connectivity index is 1.47. The van der Waals surface area contributed by atoms with E-state index in [1.807, 2.05) is 22.8 Å². The van der Waals surface area contributed by atoms with E-state index >= 15 is 0 Å². The maximum atomic E-state index is 12.9. The molecule has 2 aromatic rings. The zero-order valence-corrected chi connectivity index (χ0v) is 15.9. The second kappa shape index (κ2) is 7.59. The van der Waals surface area contributed by atoms with Crippen LogP contribution in [0.15, 0.2) is 42.5 Å². The summed E-state index contributed by atoms with van der Waals surface area (Å²) in [6.07, 6.45) is 3.56. The van der Waals surface area contributed by atoms with Crippen molar-refractivity contribution in [1.82, 2.24) is 15.1 Å². The standard InChI is InChI=1S/C22H27N3O2/c1-16(15-24-13-6-12-21(24)26)23-22(27)25-14-5-11-20(25)19-10-4-8-17-7-2-3-9-18(17)19/h2-4,7-10,16,20H,5-6,11-15H2,1H3,(H,23,27). The number of carbonyl (C=O) groups excluding carboxylic acids is 2. The first-order valence-electron chi connectivity index (χ1n) is 9.96. The minimum atomic E-state index is -0.0479. The van der Waals surface area contributed by atoms with Crippen molar-refractivity contribution in [3.05, 3.63) is 48.0 Å². The molecule has 2 atom stereocenters. The van der Waals surface area contributed by atoms with Crippen molar-refractivity contribution in [3.63, 3.8) is 0 Å². The van der Waals surface area contributed by atoms with Crippen LogP contribution in [0.25, 0.3) is 10.8 Å². The monoisotopic (exact) mass is 365 g/mol. The minimum Gasteiger partial charge on any atom is -0.341 e. The fourth-order valence-corrected chi connectivity index (χ4v) is 4.44. The average Bonchev–Trinajstić information content (AvgIpc) is 3.31. The normalized spacial score (nSPS) is 21.1. The third-order valence-corrected chi connectivity index (χ3v) is 5.73. The summed E-state index contributed by atoms with van der Waals surface area (Å²) in [5.74, 6) is 0.200. The Bertz CT molecular complexity index is 845. The summed E-state index contributed by atoms with van der Waals surface area (Å²) in [4.78, 5) is 28.6. The van der Waals surface area contributed by atoms with Crippen LogP contribution in [0.4, 0.5) is 4.79 Å². The average molecular weight is 365 g/mol. The van der Waals surface area contributed by atoms with E-state index in [1.165, 1.54) is 16.3 Å². The third kappa shape index (κ3) is 3.64. The fourth-order valence-electron chi connectivity index (χ4n) is 4.44. The Morgan fingerprint density at radius 2 is 1.96 bits per heavy atom. The van der Waals surface area contributed by atoms with Crippen LogP contribution in [0.1, 0.15) is 44.2 Å². The van der Waals surface area contributed by atoms with Crippen LogP contribution < -0.4 is 5.32 Å². The van der Waals surface area contributed by atoms with Crippen LogP contribution in [0.5, 0.6) is 0 Å². The van der Waals surface area contributed by atoms with Crippen molar-refractivity contribution in [1.29, 1.82) is 0 Å². The number of hydrogen-bond donors (Lipinski definition) is 1. The fraction of sp³-hybridized carbons (Fsp3) is 0.455. The van der Waals surface area contributed by atoms with Gasteiger partial charge in [0.25, 0.3) is 0 Å². The molecule has 0 aliphatic carbocycles. The molecule has 4 rings (SSSR count). The number of rotatable bonds is 4. The van der Waals surface area contributed by atoms with Gasteiger partial charge in [-0.3, -0.25) is 4.79 Å². The number of hydrogen-bond acceptors (Lipinski definition) is 2. The highest BCUT2D eigenvalue weighted by atomic mass is 16.2.